The first-order valence-corrected chi connectivity index (χ1v) is 9.30. The van der Waals surface area contributed by atoms with Crippen molar-refractivity contribution in [2.75, 3.05) is 18.4 Å². The Bertz CT molecular complexity index is 923. The van der Waals surface area contributed by atoms with Gasteiger partial charge in [0.15, 0.2) is 0 Å². The zero-order valence-electron chi connectivity index (χ0n) is 16.1. The first-order valence-electron chi connectivity index (χ1n) is 9.30. The van der Waals surface area contributed by atoms with Crippen LogP contribution < -0.4 is 10.6 Å². The molecule has 1 aliphatic rings. The first kappa shape index (κ1) is 21.5. The number of urea groups is 1. The van der Waals surface area contributed by atoms with Gasteiger partial charge in [0.2, 0.25) is 0 Å². The molecule has 0 atom stereocenters. The molecule has 2 aromatic rings. The minimum atomic E-state index is -4.56. The van der Waals surface area contributed by atoms with Crippen molar-refractivity contribution in [2.24, 2.45) is 0 Å². The molecule has 1 aromatic heterocycles. The summed E-state index contributed by atoms with van der Waals surface area (Å²) in [7, 11) is 0. The molecule has 3 rings (SSSR count). The molecule has 0 spiro atoms. The second-order valence-corrected chi connectivity index (χ2v) is 7.00. The van der Waals surface area contributed by atoms with Gasteiger partial charge in [0, 0.05) is 24.8 Å². The number of anilines is 1. The number of nitrogens with zero attached hydrogens (tertiary/aromatic N) is 2. The Morgan fingerprint density at radius 1 is 1.07 bits per heavy atom. The van der Waals surface area contributed by atoms with E-state index in [0.29, 0.717) is 31.6 Å². The Kier molecular flexibility index (Phi) is 6.23. The van der Waals surface area contributed by atoms with E-state index in [0.717, 1.165) is 12.1 Å². The van der Waals surface area contributed by atoms with Crippen molar-refractivity contribution in [3.8, 4) is 0 Å². The smallest absolute Gasteiger partial charge is 0.338 e. The van der Waals surface area contributed by atoms with Gasteiger partial charge in [-0.25, -0.2) is 14.2 Å². The number of hydrogen-bond donors (Lipinski definition) is 2. The van der Waals surface area contributed by atoms with Gasteiger partial charge in [0.05, 0.1) is 11.3 Å². The lowest BCUT2D eigenvalue weighted by Crippen LogP contribution is -2.47. The van der Waals surface area contributed by atoms with Crippen LogP contribution in [0.4, 0.5) is 28.0 Å². The van der Waals surface area contributed by atoms with E-state index in [-0.39, 0.29) is 23.2 Å². The van der Waals surface area contributed by atoms with Gasteiger partial charge < -0.3 is 15.5 Å². The Morgan fingerprint density at radius 2 is 1.70 bits per heavy atom. The van der Waals surface area contributed by atoms with E-state index in [2.05, 4.69) is 15.6 Å². The lowest BCUT2D eigenvalue weighted by Gasteiger charge is -2.32. The maximum atomic E-state index is 12.9. The number of aromatic nitrogens is 1. The number of amides is 3. The number of carbonyl (C=O) groups is 2. The summed E-state index contributed by atoms with van der Waals surface area (Å²) in [5, 5.41) is 5.40. The Labute approximate surface area is 170 Å². The molecular weight excluding hydrogens is 404 g/mol. The maximum Gasteiger partial charge on any atom is 0.433 e. The number of pyridine rings is 1. The lowest BCUT2D eigenvalue weighted by molar-refractivity contribution is -0.141. The topological polar surface area (TPSA) is 74.3 Å². The van der Waals surface area contributed by atoms with Crippen LogP contribution in [0.2, 0.25) is 0 Å². The van der Waals surface area contributed by atoms with Crippen molar-refractivity contribution >= 4 is 17.6 Å². The van der Waals surface area contributed by atoms with Crippen molar-refractivity contribution in [1.82, 2.24) is 15.2 Å². The van der Waals surface area contributed by atoms with Crippen LogP contribution in [0.15, 0.2) is 36.4 Å². The third kappa shape index (κ3) is 5.25. The second-order valence-electron chi connectivity index (χ2n) is 7.00. The van der Waals surface area contributed by atoms with Gasteiger partial charge in [-0.15, -0.1) is 0 Å². The van der Waals surface area contributed by atoms with Crippen LogP contribution in [-0.2, 0) is 6.18 Å². The van der Waals surface area contributed by atoms with Gasteiger partial charge in [-0.05, 0) is 56.2 Å². The molecule has 0 saturated carbocycles. The molecule has 1 saturated heterocycles. The fourth-order valence-corrected chi connectivity index (χ4v) is 3.23. The molecule has 0 unspecified atom stereocenters. The lowest BCUT2D eigenvalue weighted by atomic mass is 10.0. The van der Waals surface area contributed by atoms with Crippen molar-refractivity contribution in [2.45, 2.75) is 32.0 Å². The zero-order valence-corrected chi connectivity index (χ0v) is 16.1. The van der Waals surface area contributed by atoms with Crippen LogP contribution in [0.25, 0.3) is 0 Å². The normalized spacial score (nSPS) is 15.0. The summed E-state index contributed by atoms with van der Waals surface area (Å²) in [4.78, 5) is 29.8. The van der Waals surface area contributed by atoms with E-state index in [1.54, 1.807) is 0 Å². The number of benzene rings is 1. The minimum Gasteiger partial charge on any atom is -0.338 e. The highest BCUT2D eigenvalue weighted by atomic mass is 19.4. The van der Waals surface area contributed by atoms with Crippen molar-refractivity contribution in [3.05, 3.63) is 59.2 Å². The van der Waals surface area contributed by atoms with Crippen LogP contribution in [0.5, 0.6) is 0 Å². The standard InChI is InChI=1S/C20H20F4N4O2/c1-12-16(6-7-17(25-12)20(22,23)24)18(29)28-10-8-15(9-11-28)27-19(30)26-14-4-2-13(21)3-5-14/h2-7,15H,8-11H2,1H3,(H2,26,27,30). The second kappa shape index (κ2) is 8.68. The predicted octanol–water partition coefficient (Wildman–Crippen LogP) is 3.97. The zero-order chi connectivity index (χ0) is 21.9. The average Bonchev–Trinajstić information content (AvgIpc) is 2.69. The number of hydrogen-bond acceptors (Lipinski definition) is 3. The predicted molar refractivity (Wildman–Crippen MR) is 101 cm³/mol. The molecule has 30 heavy (non-hydrogen) atoms. The quantitative estimate of drug-likeness (QED) is 0.733. The Morgan fingerprint density at radius 3 is 2.27 bits per heavy atom. The van der Waals surface area contributed by atoms with Gasteiger partial charge >= 0.3 is 12.2 Å². The van der Waals surface area contributed by atoms with Gasteiger partial charge in [-0.3, -0.25) is 4.79 Å². The molecule has 6 nitrogen and oxygen atoms in total. The van der Waals surface area contributed by atoms with Crippen molar-refractivity contribution in [1.29, 1.82) is 0 Å². The molecule has 1 aromatic carbocycles. The van der Waals surface area contributed by atoms with Crippen LogP contribution in [-0.4, -0.2) is 41.0 Å². The Balaban J connectivity index is 1.53. The fraction of sp³-hybridized carbons (Fsp3) is 0.350. The van der Waals surface area contributed by atoms with Gasteiger partial charge in [0.1, 0.15) is 11.5 Å². The van der Waals surface area contributed by atoms with Crippen LogP contribution in [0, 0.1) is 12.7 Å². The number of rotatable bonds is 3. The van der Waals surface area contributed by atoms with Crippen LogP contribution >= 0.6 is 0 Å². The summed E-state index contributed by atoms with van der Waals surface area (Å²) in [6, 6.07) is 6.70. The third-order valence-corrected chi connectivity index (χ3v) is 4.83. The monoisotopic (exact) mass is 424 g/mol. The summed E-state index contributed by atoms with van der Waals surface area (Å²) in [6.07, 6.45) is -3.57. The minimum absolute atomic E-state index is 0.0220. The molecule has 1 fully saturated rings. The molecule has 160 valence electrons. The molecule has 0 radical (unpaired) electrons. The van der Waals surface area contributed by atoms with Crippen LogP contribution in [0.3, 0.4) is 0 Å². The number of carbonyl (C=O) groups excluding carboxylic acids is 2. The molecule has 2 heterocycles. The largest absolute Gasteiger partial charge is 0.433 e. The van der Waals surface area contributed by atoms with E-state index in [4.69, 9.17) is 0 Å². The van der Waals surface area contributed by atoms with E-state index in [1.165, 1.54) is 36.1 Å². The van der Waals surface area contributed by atoms with E-state index in [1.807, 2.05) is 0 Å². The summed E-state index contributed by atoms with van der Waals surface area (Å²) in [5.41, 5.74) is -0.435. The summed E-state index contributed by atoms with van der Waals surface area (Å²) < 4.78 is 51.1. The highest BCUT2D eigenvalue weighted by molar-refractivity contribution is 5.95. The molecule has 1 aliphatic heterocycles. The van der Waals surface area contributed by atoms with Gasteiger partial charge in [-0.2, -0.15) is 13.2 Å². The van der Waals surface area contributed by atoms with Crippen LogP contribution in [0.1, 0.15) is 34.6 Å². The third-order valence-electron chi connectivity index (χ3n) is 4.83. The number of nitrogens with one attached hydrogen (secondary N) is 2. The molecule has 3 amide bonds. The summed E-state index contributed by atoms with van der Waals surface area (Å²) >= 11 is 0. The Hall–Kier alpha value is -3.17. The molecule has 10 heteroatoms. The van der Waals surface area contributed by atoms with E-state index >= 15 is 0 Å². The number of halogens is 4. The highest BCUT2D eigenvalue weighted by Gasteiger charge is 2.33. The van der Waals surface area contributed by atoms with E-state index in [9.17, 15) is 27.2 Å². The highest BCUT2D eigenvalue weighted by Crippen LogP contribution is 2.28. The van der Waals surface area contributed by atoms with E-state index < -0.39 is 23.7 Å². The average molecular weight is 424 g/mol. The first-order chi connectivity index (χ1) is 14.1. The molecule has 0 bridgehead atoms. The molecule has 0 aliphatic carbocycles. The van der Waals surface area contributed by atoms with Gasteiger partial charge in [-0.1, -0.05) is 0 Å². The SMILES string of the molecule is Cc1nc(C(F)(F)F)ccc1C(=O)N1CCC(NC(=O)Nc2ccc(F)cc2)CC1. The number of likely N-dealkylation sites (tertiary alicyclic amines) is 1. The number of piperidine rings is 1. The van der Waals surface area contributed by atoms with Crippen molar-refractivity contribution < 1.29 is 27.2 Å². The van der Waals surface area contributed by atoms with Gasteiger partial charge in [0.25, 0.3) is 5.91 Å². The summed E-state index contributed by atoms with van der Waals surface area (Å²) in [5.74, 6) is -0.792. The molecule has 2 N–H and O–H groups in total. The molecular formula is C20H20F4N4O2. The number of aryl methyl sites for hydroxylation is 1. The fourth-order valence-electron chi connectivity index (χ4n) is 3.23. The number of alkyl halides is 3. The van der Waals surface area contributed by atoms with Crippen molar-refractivity contribution in [3.63, 3.8) is 0 Å². The summed E-state index contributed by atoms with van der Waals surface area (Å²) in [6.45, 7) is 2.07. The maximum absolute atomic E-state index is 12.9.